The van der Waals surface area contributed by atoms with Crippen molar-refractivity contribution < 1.29 is 4.74 Å². The Kier molecular flexibility index (Phi) is 8.91. The van der Waals surface area contributed by atoms with Gasteiger partial charge in [0, 0.05) is 24.2 Å². The lowest BCUT2D eigenvalue weighted by Gasteiger charge is -2.17. The molecule has 2 aromatic rings. The zero-order valence-electron chi connectivity index (χ0n) is 15.8. The second-order valence-electron chi connectivity index (χ2n) is 6.02. The van der Waals surface area contributed by atoms with Gasteiger partial charge in [0.05, 0.1) is 18.3 Å². The summed E-state index contributed by atoms with van der Waals surface area (Å²) in [6.07, 6.45) is 4.28. The molecule has 0 aliphatic rings. The molecule has 1 aromatic heterocycles. The molecule has 138 valence electrons. The molecule has 0 atom stereocenters. The van der Waals surface area contributed by atoms with Crippen molar-refractivity contribution in [3.05, 3.63) is 30.5 Å². The van der Waals surface area contributed by atoms with E-state index in [1.807, 2.05) is 24.4 Å². The number of ether oxygens (including phenoxy) is 1. The molecule has 1 N–H and O–H groups in total. The van der Waals surface area contributed by atoms with E-state index in [-0.39, 0.29) is 0 Å². The maximum absolute atomic E-state index is 5.40. The Morgan fingerprint density at radius 1 is 1.16 bits per heavy atom. The molecular weight excluding hydrogens is 330 g/mol. The van der Waals surface area contributed by atoms with Gasteiger partial charge in [-0.05, 0) is 56.1 Å². The highest BCUT2D eigenvalue weighted by atomic mass is 32.2. The molecule has 25 heavy (non-hydrogen) atoms. The number of fused-ring (bicyclic) bond motifs is 1. The molecule has 0 saturated carbocycles. The van der Waals surface area contributed by atoms with E-state index in [0.29, 0.717) is 0 Å². The van der Waals surface area contributed by atoms with Gasteiger partial charge in [0.2, 0.25) is 0 Å². The first-order chi connectivity index (χ1) is 12.3. The van der Waals surface area contributed by atoms with Gasteiger partial charge >= 0.3 is 0 Å². The van der Waals surface area contributed by atoms with Gasteiger partial charge < -0.3 is 15.0 Å². The highest BCUT2D eigenvalue weighted by Crippen LogP contribution is 2.27. The van der Waals surface area contributed by atoms with Gasteiger partial charge in [-0.3, -0.25) is 4.98 Å². The first kappa shape index (κ1) is 19.9. The molecule has 0 spiro atoms. The van der Waals surface area contributed by atoms with Crippen LogP contribution in [-0.2, 0) is 0 Å². The third kappa shape index (κ3) is 6.40. The van der Waals surface area contributed by atoms with Crippen LogP contribution in [0.25, 0.3) is 10.9 Å². The second-order valence-corrected chi connectivity index (χ2v) is 7.25. The van der Waals surface area contributed by atoms with Crippen LogP contribution in [0.1, 0.15) is 26.7 Å². The van der Waals surface area contributed by atoms with Crippen molar-refractivity contribution in [2.45, 2.75) is 26.7 Å². The SMILES string of the molecule is CCN(CC)CCCSCCCNc1cc(OC)cc2cccnc12. The molecule has 0 fully saturated rings. The molecule has 0 amide bonds. The normalized spacial score (nSPS) is 11.2. The molecule has 0 bridgehead atoms. The number of hydrogen-bond donors (Lipinski definition) is 1. The zero-order valence-corrected chi connectivity index (χ0v) is 16.6. The number of anilines is 1. The number of thioether (sulfide) groups is 1. The number of hydrogen-bond acceptors (Lipinski definition) is 5. The molecule has 0 aliphatic carbocycles. The van der Waals surface area contributed by atoms with E-state index in [9.17, 15) is 0 Å². The van der Waals surface area contributed by atoms with E-state index < -0.39 is 0 Å². The van der Waals surface area contributed by atoms with Crippen molar-refractivity contribution in [3.63, 3.8) is 0 Å². The fourth-order valence-electron chi connectivity index (χ4n) is 2.85. The van der Waals surface area contributed by atoms with Crippen LogP contribution in [0, 0.1) is 0 Å². The molecule has 1 heterocycles. The fourth-order valence-corrected chi connectivity index (χ4v) is 3.73. The number of pyridine rings is 1. The van der Waals surface area contributed by atoms with Crippen molar-refractivity contribution >= 4 is 28.4 Å². The van der Waals surface area contributed by atoms with E-state index in [4.69, 9.17) is 4.74 Å². The van der Waals surface area contributed by atoms with Crippen molar-refractivity contribution in [3.8, 4) is 5.75 Å². The van der Waals surface area contributed by atoms with E-state index in [1.54, 1.807) is 7.11 Å². The largest absolute Gasteiger partial charge is 0.497 e. The maximum Gasteiger partial charge on any atom is 0.121 e. The number of nitrogens with one attached hydrogen (secondary N) is 1. The number of methoxy groups -OCH3 is 1. The van der Waals surface area contributed by atoms with Crippen LogP contribution >= 0.6 is 11.8 Å². The van der Waals surface area contributed by atoms with Gasteiger partial charge in [0.25, 0.3) is 0 Å². The van der Waals surface area contributed by atoms with Crippen LogP contribution in [0.5, 0.6) is 5.75 Å². The van der Waals surface area contributed by atoms with Crippen molar-refractivity contribution in [2.24, 2.45) is 0 Å². The topological polar surface area (TPSA) is 37.4 Å². The molecule has 4 nitrogen and oxygen atoms in total. The lowest BCUT2D eigenvalue weighted by Crippen LogP contribution is -2.24. The second kappa shape index (κ2) is 11.2. The van der Waals surface area contributed by atoms with Gasteiger partial charge in [0.15, 0.2) is 0 Å². The molecule has 0 aliphatic heterocycles. The summed E-state index contributed by atoms with van der Waals surface area (Å²) in [5, 5.41) is 4.63. The molecule has 5 heteroatoms. The Morgan fingerprint density at radius 2 is 1.96 bits per heavy atom. The first-order valence-electron chi connectivity index (χ1n) is 9.25. The Hall–Kier alpha value is -1.46. The predicted octanol–water partition coefficient (Wildman–Crippen LogP) is 4.51. The highest BCUT2D eigenvalue weighted by molar-refractivity contribution is 7.99. The van der Waals surface area contributed by atoms with E-state index in [1.165, 1.54) is 24.5 Å². The van der Waals surface area contributed by atoms with Gasteiger partial charge in [-0.15, -0.1) is 0 Å². The van der Waals surface area contributed by atoms with Gasteiger partial charge in [-0.1, -0.05) is 19.9 Å². The third-order valence-electron chi connectivity index (χ3n) is 4.35. The Balaban J connectivity index is 1.71. The van der Waals surface area contributed by atoms with Crippen LogP contribution in [0.3, 0.4) is 0 Å². The minimum absolute atomic E-state index is 0.869. The quantitative estimate of drug-likeness (QED) is 0.563. The highest BCUT2D eigenvalue weighted by Gasteiger charge is 2.05. The minimum atomic E-state index is 0.869. The smallest absolute Gasteiger partial charge is 0.121 e. The molecule has 0 saturated heterocycles. The number of benzene rings is 1. The average Bonchev–Trinajstić information content (AvgIpc) is 2.66. The average molecular weight is 362 g/mol. The van der Waals surface area contributed by atoms with Crippen LogP contribution in [-0.4, -0.2) is 54.7 Å². The molecule has 0 radical (unpaired) electrons. The van der Waals surface area contributed by atoms with Crippen molar-refractivity contribution in [1.29, 1.82) is 0 Å². The first-order valence-corrected chi connectivity index (χ1v) is 10.4. The van der Waals surface area contributed by atoms with Crippen LogP contribution in [0.4, 0.5) is 5.69 Å². The zero-order chi connectivity index (χ0) is 17.9. The van der Waals surface area contributed by atoms with E-state index in [0.717, 1.165) is 48.4 Å². The minimum Gasteiger partial charge on any atom is -0.497 e. The van der Waals surface area contributed by atoms with Crippen molar-refractivity contribution in [1.82, 2.24) is 9.88 Å². The van der Waals surface area contributed by atoms with E-state index >= 15 is 0 Å². The lowest BCUT2D eigenvalue weighted by atomic mass is 10.1. The predicted molar refractivity (Wildman–Crippen MR) is 111 cm³/mol. The number of aromatic nitrogens is 1. The maximum atomic E-state index is 5.40. The van der Waals surface area contributed by atoms with Crippen LogP contribution < -0.4 is 10.1 Å². The summed E-state index contributed by atoms with van der Waals surface area (Å²) in [7, 11) is 1.70. The number of rotatable bonds is 12. The Labute approximate surface area is 156 Å². The summed E-state index contributed by atoms with van der Waals surface area (Å²) in [4.78, 5) is 6.99. The summed E-state index contributed by atoms with van der Waals surface area (Å²) in [6, 6.07) is 8.09. The van der Waals surface area contributed by atoms with Crippen LogP contribution in [0.2, 0.25) is 0 Å². The molecular formula is C20H31N3OS. The number of nitrogens with zero attached hydrogens (tertiary/aromatic N) is 2. The van der Waals surface area contributed by atoms with Gasteiger partial charge in [-0.25, -0.2) is 0 Å². The molecule has 2 rings (SSSR count). The Bertz CT molecular complexity index is 631. The third-order valence-corrected chi connectivity index (χ3v) is 5.51. The summed E-state index contributed by atoms with van der Waals surface area (Å²) in [5.41, 5.74) is 2.07. The molecule has 1 aromatic carbocycles. The van der Waals surface area contributed by atoms with Crippen molar-refractivity contribution in [2.75, 3.05) is 50.1 Å². The standard InChI is InChI=1S/C20H31N3OS/c1-4-23(5-2)12-8-14-25-13-7-11-21-19-16-18(24-3)15-17-9-6-10-22-20(17)19/h6,9-10,15-16,21H,4-5,7-8,11-14H2,1-3H3. The summed E-state index contributed by atoms with van der Waals surface area (Å²) < 4.78 is 5.40. The van der Waals surface area contributed by atoms with Gasteiger partial charge in [-0.2, -0.15) is 11.8 Å². The fraction of sp³-hybridized carbons (Fsp3) is 0.550. The van der Waals surface area contributed by atoms with Crippen LogP contribution in [0.15, 0.2) is 30.5 Å². The summed E-state index contributed by atoms with van der Waals surface area (Å²) in [6.45, 7) is 8.97. The lowest BCUT2D eigenvalue weighted by molar-refractivity contribution is 0.305. The van der Waals surface area contributed by atoms with E-state index in [2.05, 4.69) is 46.9 Å². The summed E-state index contributed by atoms with van der Waals surface area (Å²) >= 11 is 2.06. The van der Waals surface area contributed by atoms with Gasteiger partial charge in [0.1, 0.15) is 5.75 Å². The monoisotopic (exact) mass is 361 g/mol. The summed E-state index contributed by atoms with van der Waals surface area (Å²) in [5.74, 6) is 3.31. The Morgan fingerprint density at radius 3 is 2.72 bits per heavy atom. The molecule has 0 unspecified atom stereocenters.